The summed E-state index contributed by atoms with van der Waals surface area (Å²) in [6.07, 6.45) is 5.26. The molecule has 0 radical (unpaired) electrons. The lowest BCUT2D eigenvalue weighted by Gasteiger charge is -2.06. The first-order valence-electron chi connectivity index (χ1n) is 4.63. The van der Waals surface area contributed by atoms with Crippen molar-refractivity contribution in [1.29, 1.82) is 0 Å². The van der Waals surface area contributed by atoms with E-state index in [4.69, 9.17) is 10.5 Å². The smallest absolute Gasteiger partial charge is 0.180 e. The molecule has 0 saturated heterocycles. The highest BCUT2D eigenvalue weighted by Gasteiger charge is 2.04. The number of rotatable bonds is 4. The van der Waals surface area contributed by atoms with Gasteiger partial charge in [-0.3, -0.25) is 0 Å². The number of nitrogen functional groups attached to an aromatic ring is 1. The van der Waals surface area contributed by atoms with Crippen molar-refractivity contribution >= 4 is 17.3 Å². The molecule has 6 nitrogen and oxygen atoms in total. The summed E-state index contributed by atoms with van der Waals surface area (Å²) in [5, 5.41) is 3.12. The largest absolute Gasteiger partial charge is 0.383 e. The van der Waals surface area contributed by atoms with Gasteiger partial charge in [0.15, 0.2) is 11.5 Å². The third-order valence-corrected chi connectivity index (χ3v) is 1.99. The number of nitrogens with zero attached hydrogens (tertiary/aromatic N) is 3. The molecule has 0 unspecified atom stereocenters. The lowest BCUT2D eigenvalue weighted by Crippen LogP contribution is -2.11. The average Bonchev–Trinajstić information content (AvgIpc) is 2.65. The lowest BCUT2D eigenvalue weighted by atomic mass is 10.5. The summed E-state index contributed by atoms with van der Waals surface area (Å²) in [7, 11) is 1.65. The van der Waals surface area contributed by atoms with Gasteiger partial charge in [0.05, 0.1) is 12.8 Å². The molecule has 3 N–H and O–H groups in total. The molecule has 0 fully saturated rings. The van der Waals surface area contributed by atoms with Crippen molar-refractivity contribution in [3.05, 3.63) is 18.6 Å². The van der Waals surface area contributed by atoms with E-state index in [9.17, 15) is 0 Å². The number of aromatic nitrogens is 3. The van der Waals surface area contributed by atoms with Gasteiger partial charge in [-0.25, -0.2) is 9.97 Å². The van der Waals surface area contributed by atoms with E-state index in [2.05, 4.69) is 15.3 Å². The van der Waals surface area contributed by atoms with Crippen LogP contribution in [-0.4, -0.2) is 34.6 Å². The summed E-state index contributed by atoms with van der Waals surface area (Å²) in [5.74, 6) is 1.14. The Hall–Kier alpha value is -1.82. The van der Waals surface area contributed by atoms with E-state index in [0.29, 0.717) is 24.8 Å². The molecule has 0 aliphatic heterocycles. The molecule has 2 rings (SSSR count). The fourth-order valence-corrected chi connectivity index (χ4v) is 1.34. The molecule has 0 saturated carbocycles. The minimum Gasteiger partial charge on any atom is -0.383 e. The molecule has 2 aromatic heterocycles. The third-order valence-electron chi connectivity index (χ3n) is 1.99. The summed E-state index contributed by atoms with van der Waals surface area (Å²) < 4.78 is 6.77. The zero-order chi connectivity index (χ0) is 10.7. The van der Waals surface area contributed by atoms with Gasteiger partial charge in [0.1, 0.15) is 5.82 Å². The van der Waals surface area contributed by atoms with Gasteiger partial charge in [-0.15, -0.1) is 0 Å². The summed E-state index contributed by atoms with van der Waals surface area (Å²) in [4.78, 5) is 8.35. The van der Waals surface area contributed by atoms with Crippen molar-refractivity contribution in [1.82, 2.24) is 14.4 Å². The molecule has 0 amide bonds. The molecule has 2 aromatic rings. The Morgan fingerprint density at radius 3 is 3.27 bits per heavy atom. The van der Waals surface area contributed by atoms with Gasteiger partial charge in [0.25, 0.3) is 0 Å². The minimum absolute atomic E-state index is 0.459. The lowest BCUT2D eigenvalue weighted by molar-refractivity contribution is 0.210. The molecule has 80 valence electrons. The monoisotopic (exact) mass is 207 g/mol. The first-order valence-corrected chi connectivity index (χ1v) is 4.63. The van der Waals surface area contributed by atoms with Gasteiger partial charge in [0.2, 0.25) is 0 Å². The van der Waals surface area contributed by atoms with E-state index in [1.165, 1.54) is 0 Å². The molecule has 6 heteroatoms. The third kappa shape index (κ3) is 1.99. The normalized spacial score (nSPS) is 10.7. The van der Waals surface area contributed by atoms with E-state index in [1.807, 2.05) is 10.6 Å². The number of imidazole rings is 1. The summed E-state index contributed by atoms with van der Waals surface area (Å²) in [6, 6.07) is 0. The minimum atomic E-state index is 0.459. The van der Waals surface area contributed by atoms with Gasteiger partial charge in [0, 0.05) is 26.0 Å². The molecular formula is C9H13N5O. The molecule has 2 heterocycles. The maximum absolute atomic E-state index is 5.66. The van der Waals surface area contributed by atoms with Gasteiger partial charge >= 0.3 is 0 Å². The standard InChI is InChI=1S/C9H13N5O/c1-15-5-3-11-8-9-12-2-4-14(9)6-7(10)13-8/h2,4,6H,3,5,10H2,1H3,(H,11,13). The highest BCUT2D eigenvalue weighted by molar-refractivity contribution is 5.64. The number of hydrogen-bond donors (Lipinski definition) is 2. The van der Waals surface area contributed by atoms with Crippen LogP contribution in [0.3, 0.4) is 0 Å². The number of fused-ring (bicyclic) bond motifs is 1. The molecule has 0 aliphatic carbocycles. The molecule has 0 aromatic carbocycles. The first-order chi connectivity index (χ1) is 7.31. The summed E-state index contributed by atoms with van der Waals surface area (Å²) in [6.45, 7) is 1.29. The van der Waals surface area contributed by atoms with E-state index in [-0.39, 0.29) is 0 Å². The van der Waals surface area contributed by atoms with Crippen LogP contribution in [0.5, 0.6) is 0 Å². The van der Waals surface area contributed by atoms with Crippen molar-refractivity contribution < 1.29 is 4.74 Å². The number of ether oxygens (including phenoxy) is 1. The topological polar surface area (TPSA) is 77.5 Å². The average molecular weight is 207 g/mol. The van der Waals surface area contributed by atoms with Crippen LogP contribution >= 0.6 is 0 Å². The van der Waals surface area contributed by atoms with Gasteiger partial charge in [-0.1, -0.05) is 0 Å². The van der Waals surface area contributed by atoms with Crippen molar-refractivity contribution in [3.8, 4) is 0 Å². The molecule has 0 bridgehead atoms. The zero-order valence-electron chi connectivity index (χ0n) is 8.47. The highest BCUT2D eigenvalue weighted by Crippen LogP contribution is 2.13. The highest BCUT2D eigenvalue weighted by atomic mass is 16.5. The number of hydrogen-bond acceptors (Lipinski definition) is 5. The maximum Gasteiger partial charge on any atom is 0.180 e. The summed E-state index contributed by atoms with van der Waals surface area (Å²) in [5.41, 5.74) is 6.42. The van der Waals surface area contributed by atoms with Crippen LogP contribution in [0.15, 0.2) is 18.6 Å². The molecule has 15 heavy (non-hydrogen) atoms. The van der Waals surface area contributed by atoms with Crippen molar-refractivity contribution in [2.45, 2.75) is 0 Å². The van der Waals surface area contributed by atoms with E-state index < -0.39 is 0 Å². The fraction of sp³-hybridized carbons (Fsp3) is 0.333. The first kappa shape index (κ1) is 9.72. The van der Waals surface area contributed by atoms with Crippen molar-refractivity contribution in [2.24, 2.45) is 0 Å². The Bertz CT molecular complexity index is 453. The second kappa shape index (κ2) is 4.14. The second-order valence-corrected chi connectivity index (χ2v) is 3.09. The summed E-state index contributed by atoms with van der Waals surface area (Å²) >= 11 is 0. The van der Waals surface area contributed by atoms with Crippen LogP contribution in [-0.2, 0) is 4.74 Å². The zero-order valence-corrected chi connectivity index (χ0v) is 8.47. The molecule has 0 aliphatic rings. The van der Waals surface area contributed by atoms with Crippen LogP contribution in [0, 0.1) is 0 Å². The van der Waals surface area contributed by atoms with E-state index in [1.54, 1.807) is 19.5 Å². The quantitative estimate of drug-likeness (QED) is 0.708. The van der Waals surface area contributed by atoms with Crippen molar-refractivity contribution in [2.75, 3.05) is 31.3 Å². The Balaban J connectivity index is 2.27. The van der Waals surface area contributed by atoms with Gasteiger partial charge in [-0.2, -0.15) is 0 Å². The molecular weight excluding hydrogens is 194 g/mol. The van der Waals surface area contributed by atoms with E-state index in [0.717, 1.165) is 5.65 Å². The van der Waals surface area contributed by atoms with Crippen LogP contribution in [0.1, 0.15) is 0 Å². The van der Waals surface area contributed by atoms with Crippen LogP contribution in [0.25, 0.3) is 5.65 Å². The molecule has 0 spiro atoms. The second-order valence-electron chi connectivity index (χ2n) is 3.09. The van der Waals surface area contributed by atoms with Crippen LogP contribution in [0.2, 0.25) is 0 Å². The molecule has 0 atom stereocenters. The van der Waals surface area contributed by atoms with Crippen LogP contribution in [0.4, 0.5) is 11.6 Å². The number of methoxy groups -OCH3 is 1. The Morgan fingerprint density at radius 2 is 2.47 bits per heavy atom. The number of nitrogens with two attached hydrogens (primary N) is 1. The number of anilines is 2. The van der Waals surface area contributed by atoms with Gasteiger partial charge in [-0.05, 0) is 0 Å². The fourth-order valence-electron chi connectivity index (χ4n) is 1.34. The Labute approximate surface area is 87.1 Å². The predicted octanol–water partition coefficient (Wildman–Crippen LogP) is 0.370. The van der Waals surface area contributed by atoms with Gasteiger partial charge < -0.3 is 20.2 Å². The SMILES string of the molecule is COCCNc1nc(N)cn2ccnc12. The van der Waals surface area contributed by atoms with E-state index >= 15 is 0 Å². The maximum atomic E-state index is 5.66. The Kier molecular flexibility index (Phi) is 2.68. The predicted molar refractivity (Wildman–Crippen MR) is 57.8 cm³/mol. The Morgan fingerprint density at radius 1 is 1.60 bits per heavy atom. The van der Waals surface area contributed by atoms with Crippen LogP contribution < -0.4 is 11.1 Å². The number of nitrogens with one attached hydrogen (secondary N) is 1. The van der Waals surface area contributed by atoms with Crippen molar-refractivity contribution in [3.63, 3.8) is 0 Å².